The van der Waals surface area contributed by atoms with Crippen LogP contribution in [-0.4, -0.2) is 9.97 Å². The summed E-state index contributed by atoms with van der Waals surface area (Å²) in [6.07, 6.45) is 5.09. The lowest BCUT2D eigenvalue weighted by Gasteiger charge is -2.16. The Labute approximate surface area is 157 Å². The van der Waals surface area contributed by atoms with Crippen LogP contribution in [0.4, 0.5) is 0 Å². The minimum absolute atomic E-state index is 0.504. The minimum Gasteiger partial charge on any atom is -0.257 e. The first-order valence-electron chi connectivity index (χ1n) is 9.89. The van der Waals surface area contributed by atoms with Crippen molar-refractivity contribution in [3.8, 4) is 0 Å². The molecule has 0 bridgehead atoms. The van der Waals surface area contributed by atoms with Crippen molar-refractivity contribution >= 4 is 10.9 Å². The molecule has 26 heavy (non-hydrogen) atoms. The van der Waals surface area contributed by atoms with Gasteiger partial charge in [-0.2, -0.15) is 0 Å². The van der Waals surface area contributed by atoms with Crippen molar-refractivity contribution in [1.29, 1.82) is 0 Å². The molecule has 0 aliphatic heterocycles. The zero-order chi connectivity index (χ0) is 18.5. The summed E-state index contributed by atoms with van der Waals surface area (Å²) in [5.74, 6) is 1.07. The molecular formula is C24H30N2. The summed E-state index contributed by atoms with van der Waals surface area (Å²) in [5.41, 5.74) is 6.35. The number of aromatic nitrogens is 2. The van der Waals surface area contributed by atoms with E-state index in [1.807, 2.05) is 12.1 Å². The Morgan fingerprint density at radius 3 is 2.12 bits per heavy atom. The average Bonchev–Trinajstić information content (AvgIpc) is 2.67. The first-order valence-corrected chi connectivity index (χ1v) is 9.89. The fourth-order valence-electron chi connectivity index (χ4n) is 3.32. The van der Waals surface area contributed by atoms with Crippen LogP contribution in [-0.2, 0) is 12.8 Å². The SMILES string of the molecule is CC(C)c1ccc2c(n1)CCCC2.CC(C)c1ccc2ccccc2n1. The van der Waals surface area contributed by atoms with Crippen LogP contribution in [0.2, 0.25) is 0 Å². The molecule has 2 aromatic heterocycles. The highest BCUT2D eigenvalue weighted by molar-refractivity contribution is 5.78. The Hall–Kier alpha value is -2.22. The van der Waals surface area contributed by atoms with Crippen molar-refractivity contribution in [1.82, 2.24) is 9.97 Å². The third kappa shape index (κ3) is 4.49. The van der Waals surface area contributed by atoms with E-state index in [4.69, 9.17) is 4.98 Å². The van der Waals surface area contributed by atoms with Gasteiger partial charge in [0.05, 0.1) is 5.52 Å². The first-order chi connectivity index (χ1) is 12.5. The van der Waals surface area contributed by atoms with Gasteiger partial charge in [0.25, 0.3) is 0 Å². The molecule has 1 aliphatic rings. The van der Waals surface area contributed by atoms with Crippen LogP contribution in [0.25, 0.3) is 10.9 Å². The molecular weight excluding hydrogens is 316 g/mol. The van der Waals surface area contributed by atoms with Crippen molar-refractivity contribution in [2.24, 2.45) is 0 Å². The van der Waals surface area contributed by atoms with Gasteiger partial charge in [0, 0.05) is 22.5 Å². The summed E-state index contributed by atoms with van der Waals surface area (Å²) < 4.78 is 0. The fraction of sp³-hybridized carbons (Fsp3) is 0.417. The average molecular weight is 347 g/mol. The van der Waals surface area contributed by atoms with Crippen LogP contribution >= 0.6 is 0 Å². The van der Waals surface area contributed by atoms with Crippen LogP contribution in [0, 0.1) is 0 Å². The molecule has 2 nitrogen and oxygen atoms in total. The topological polar surface area (TPSA) is 25.8 Å². The summed E-state index contributed by atoms with van der Waals surface area (Å²) in [6.45, 7) is 8.74. The minimum atomic E-state index is 0.504. The molecule has 0 unspecified atom stereocenters. The molecule has 0 atom stereocenters. The van der Waals surface area contributed by atoms with Crippen molar-refractivity contribution in [3.63, 3.8) is 0 Å². The molecule has 2 heteroatoms. The van der Waals surface area contributed by atoms with Gasteiger partial charge >= 0.3 is 0 Å². The number of benzene rings is 1. The number of hydrogen-bond acceptors (Lipinski definition) is 2. The normalized spacial score (nSPS) is 13.5. The molecule has 0 fully saturated rings. The second kappa shape index (κ2) is 8.44. The Morgan fingerprint density at radius 1 is 0.692 bits per heavy atom. The second-order valence-corrected chi connectivity index (χ2v) is 7.79. The lowest BCUT2D eigenvalue weighted by molar-refractivity contribution is 0.657. The lowest BCUT2D eigenvalue weighted by atomic mass is 9.95. The summed E-state index contributed by atoms with van der Waals surface area (Å²) in [6, 6.07) is 16.9. The summed E-state index contributed by atoms with van der Waals surface area (Å²) in [4.78, 5) is 9.29. The van der Waals surface area contributed by atoms with E-state index in [1.165, 1.54) is 53.7 Å². The summed E-state index contributed by atoms with van der Waals surface area (Å²) >= 11 is 0. The molecule has 0 amide bonds. The Kier molecular flexibility index (Phi) is 6.03. The third-order valence-electron chi connectivity index (χ3n) is 5.00. The van der Waals surface area contributed by atoms with Gasteiger partial charge in [-0.05, 0) is 61.3 Å². The Morgan fingerprint density at radius 2 is 1.35 bits per heavy atom. The van der Waals surface area contributed by atoms with Gasteiger partial charge in [0.15, 0.2) is 0 Å². The van der Waals surface area contributed by atoms with Crippen molar-refractivity contribution in [2.45, 2.75) is 65.2 Å². The number of para-hydroxylation sites is 1. The lowest BCUT2D eigenvalue weighted by Crippen LogP contribution is -2.07. The molecule has 0 radical (unpaired) electrons. The Bertz CT molecular complexity index is 865. The van der Waals surface area contributed by atoms with Crippen LogP contribution in [0.15, 0.2) is 48.5 Å². The van der Waals surface area contributed by atoms with Crippen LogP contribution < -0.4 is 0 Å². The molecule has 0 saturated carbocycles. The van der Waals surface area contributed by atoms with E-state index < -0.39 is 0 Å². The van der Waals surface area contributed by atoms with Crippen LogP contribution in [0.1, 0.15) is 75.0 Å². The van der Waals surface area contributed by atoms with Gasteiger partial charge in [-0.1, -0.05) is 58.0 Å². The van der Waals surface area contributed by atoms with Crippen molar-refractivity contribution in [2.75, 3.05) is 0 Å². The number of rotatable bonds is 2. The van der Waals surface area contributed by atoms with Gasteiger partial charge < -0.3 is 0 Å². The number of hydrogen-bond donors (Lipinski definition) is 0. The molecule has 3 aromatic rings. The summed E-state index contributed by atoms with van der Waals surface area (Å²) in [5, 5.41) is 1.21. The van der Waals surface area contributed by atoms with E-state index in [-0.39, 0.29) is 0 Å². The number of pyridine rings is 2. The molecule has 1 aromatic carbocycles. The van der Waals surface area contributed by atoms with Gasteiger partial charge in [-0.25, -0.2) is 0 Å². The quantitative estimate of drug-likeness (QED) is 0.533. The number of aryl methyl sites for hydroxylation is 2. The fourth-order valence-corrected chi connectivity index (χ4v) is 3.32. The zero-order valence-electron chi connectivity index (χ0n) is 16.5. The molecule has 0 N–H and O–H groups in total. The van der Waals surface area contributed by atoms with E-state index in [0.29, 0.717) is 11.8 Å². The van der Waals surface area contributed by atoms with Crippen LogP contribution in [0.5, 0.6) is 0 Å². The standard InChI is InChI=1S/C12H17N.C12H13N/c2*1-9(2)11-8-7-10-5-3-4-6-12(10)13-11/h7-9H,3-6H2,1-2H3;3-9H,1-2H3. The van der Waals surface area contributed by atoms with E-state index in [0.717, 1.165) is 5.52 Å². The van der Waals surface area contributed by atoms with Gasteiger partial charge in [-0.15, -0.1) is 0 Å². The van der Waals surface area contributed by atoms with Crippen LogP contribution in [0.3, 0.4) is 0 Å². The second-order valence-electron chi connectivity index (χ2n) is 7.79. The molecule has 1 aliphatic carbocycles. The zero-order valence-corrected chi connectivity index (χ0v) is 16.5. The van der Waals surface area contributed by atoms with Crippen molar-refractivity contribution < 1.29 is 0 Å². The highest BCUT2D eigenvalue weighted by atomic mass is 14.7. The van der Waals surface area contributed by atoms with Gasteiger partial charge in [0.1, 0.15) is 0 Å². The highest BCUT2D eigenvalue weighted by Gasteiger charge is 2.11. The third-order valence-corrected chi connectivity index (χ3v) is 5.00. The molecule has 0 saturated heterocycles. The monoisotopic (exact) mass is 346 g/mol. The predicted octanol–water partition coefficient (Wildman–Crippen LogP) is 6.44. The van der Waals surface area contributed by atoms with E-state index in [9.17, 15) is 0 Å². The summed E-state index contributed by atoms with van der Waals surface area (Å²) in [7, 11) is 0. The molecule has 136 valence electrons. The largest absolute Gasteiger partial charge is 0.257 e. The number of nitrogens with zero attached hydrogens (tertiary/aromatic N) is 2. The van der Waals surface area contributed by atoms with E-state index in [1.54, 1.807) is 0 Å². The van der Waals surface area contributed by atoms with Gasteiger partial charge in [-0.3, -0.25) is 9.97 Å². The number of fused-ring (bicyclic) bond motifs is 2. The smallest absolute Gasteiger partial charge is 0.0705 e. The predicted molar refractivity (Wildman–Crippen MR) is 111 cm³/mol. The maximum Gasteiger partial charge on any atom is 0.0705 e. The molecule has 0 spiro atoms. The van der Waals surface area contributed by atoms with E-state index >= 15 is 0 Å². The van der Waals surface area contributed by atoms with Gasteiger partial charge in [0.2, 0.25) is 0 Å². The van der Waals surface area contributed by atoms with Crippen molar-refractivity contribution in [3.05, 3.63) is 71.2 Å². The van der Waals surface area contributed by atoms with E-state index in [2.05, 4.69) is 69.1 Å². The molecule has 2 heterocycles. The maximum absolute atomic E-state index is 4.71. The first kappa shape index (κ1) is 18.6. The highest BCUT2D eigenvalue weighted by Crippen LogP contribution is 2.22. The Balaban J connectivity index is 0.000000151. The molecule has 4 rings (SSSR count). The maximum atomic E-state index is 4.71.